The smallest absolute Gasteiger partial charge is 0.251 e. The molecule has 0 radical (unpaired) electrons. The molecule has 1 aromatic rings. The second-order valence-corrected chi connectivity index (χ2v) is 8.57. The van der Waals surface area contributed by atoms with Crippen molar-refractivity contribution in [3.05, 3.63) is 23.8 Å². The van der Waals surface area contributed by atoms with Gasteiger partial charge in [0.25, 0.3) is 5.91 Å². The zero-order valence-electron chi connectivity index (χ0n) is 15.9. The molecule has 1 unspecified atom stereocenters. The van der Waals surface area contributed by atoms with Crippen molar-refractivity contribution < 1.29 is 17.9 Å². The standard InChI is InChI=1S/C19H30N2O4S/c1-4-6-7-14(5-2)13-20-19(22)15-8-11-17(25-3)18(12-15)26(23,24)21-16-9-10-16/h8,11-12,14,16,21H,4-7,9-10,13H2,1-3H3,(H,20,22). The molecule has 1 amide bonds. The Morgan fingerprint density at radius 3 is 2.62 bits per heavy atom. The minimum absolute atomic E-state index is 0.00827. The highest BCUT2D eigenvalue weighted by Crippen LogP contribution is 2.28. The fourth-order valence-corrected chi connectivity index (χ4v) is 4.29. The van der Waals surface area contributed by atoms with Crippen molar-refractivity contribution in [3.8, 4) is 5.75 Å². The molecule has 0 aliphatic heterocycles. The fraction of sp³-hybridized carbons (Fsp3) is 0.632. The van der Waals surface area contributed by atoms with E-state index in [0.717, 1.165) is 38.5 Å². The second kappa shape index (κ2) is 9.37. The van der Waals surface area contributed by atoms with Crippen LogP contribution in [0, 0.1) is 5.92 Å². The quantitative estimate of drug-likeness (QED) is 0.616. The Hall–Kier alpha value is -1.60. The highest BCUT2D eigenvalue weighted by Gasteiger charge is 2.30. The SMILES string of the molecule is CCCCC(CC)CNC(=O)c1ccc(OC)c(S(=O)(=O)NC2CC2)c1. The summed E-state index contributed by atoms with van der Waals surface area (Å²) in [4.78, 5) is 12.5. The Bertz CT molecular complexity index is 714. The highest BCUT2D eigenvalue weighted by molar-refractivity contribution is 7.89. The van der Waals surface area contributed by atoms with Crippen LogP contribution in [-0.4, -0.2) is 34.0 Å². The zero-order chi connectivity index (χ0) is 19.2. The van der Waals surface area contributed by atoms with Gasteiger partial charge in [-0.05, 0) is 43.4 Å². The molecule has 0 aromatic heterocycles. The van der Waals surface area contributed by atoms with Gasteiger partial charge in [0.2, 0.25) is 10.0 Å². The molecule has 1 aromatic carbocycles. The van der Waals surface area contributed by atoms with Gasteiger partial charge in [-0.1, -0.05) is 33.1 Å². The maximum Gasteiger partial charge on any atom is 0.251 e. The molecule has 6 nitrogen and oxygen atoms in total. The highest BCUT2D eigenvalue weighted by atomic mass is 32.2. The number of hydrogen-bond acceptors (Lipinski definition) is 4. The number of nitrogens with one attached hydrogen (secondary N) is 2. The van der Waals surface area contributed by atoms with Crippen LogP contribution in [0.3, 0.4) is 0 Å². The molecule has 26 heavy (non-hydrogen) atoms. The Morgan fingerprint density at radius 2 is 2.04 bits per heavy atom. The molecule has 2 N–H and O–H groups in total. The van der Waals surface area contributed by atoms with Crippen molar-refractivity contribution in [2.75, 3.05) is 13.7 Å². The van der Waals surface area contributed by atoms with E-state index in [4.69, 9.17) is 4.74 Å². The van der Waals surface area contributed by atoms with E-state index >= 15 is 0 Å². The number of rotatable bonds is 11. The van der Waals surface area contributed by atoms with Gasteiger partial charge in [-0.15, -0.1) is 0 Å². The van der Waals surface area contributed by atoms with Crippen LogP contribution in [0.25, 0.3) is 0 Å². The maximum absolute atomic E-state index is 12.5. The van der Waals surface area contributed by atoms with E-state index in [1.807, 2.05) is 0 Å². The Kier molecular flexibility index (Phi) is 7.46. The minimum Gasteiger partial charge on any atom is -0.495 e. The van der Waals surface area contributed by atoms with E-state index in [-0.39, 0.29) is 22.6 Å². The third-order valence-electron chi connectivity index (χ3n) is 4.71. The van der Waals surface area contributed by atoms with Gasteiger partial charge in [-0.3, -0.25) is 4.79 Å². The summed E-state index contributed by atoms with van der Waals surface area (Å²) in [5.41, 5.74) is 0.326. The number of sulfonamides is 1. The van der Waals surface area contributed by atoms with Gasteiger partial charge in [-0.25, -0.2) is 13.1 Å². The summed E-state index contributed by atoms with van der Waals surface area (Å²) in [5.74, 6) is 0.423. The average Bonchev–Trinajstić information content (AvgIpc) is 3.44. The molecule has 2 rings (SSSR count). The fourth-order valence-electron chi connectivity index (χ4n) is 2.79. The third-order valence-corrected chi connectivity index (χ3v) is 6.25. The van der Waals surface area contributed by atoms with Gasteiger partial charge >= 0.3 is 0 Å². The van der Waals surface area contributed by atoms with Crippen molar-refractivity contribution in [3.63, 3.8) is 0 Å². The molecule has 0 saturated heterocycles. The monoisotopic (exact) mass is 382 g/mol. The van der Waals surface area contributed by atoms with Crippen LogP contribution < -0.4 is 14.8 Å². The largest absolute Gasteiger partial charge is 0.495 e. The van der Waals surface area contributed by atoms with E-state index < -0.39 is 10.0 Å². The molecule has 1 saturated carbocycles. The lowest BCUT2D eigenvalue weighted by molar-refractivity contribution is 0.0945. The van der Waals surface area contributed by atoms with E-state index in [2.05, 4.69) is 23.9 Å². The predicted molar refractivity (Wildman–Crippen MR) is 102 cm³/mol. The molecule has 0 bridgehead atoms. The Balaban J connectivity index is 2.11. The van der Waals surface area contributed by atoms with Gasteiger partial charge in [0.15, 0.2) is 0 Å². The number of unbranched alkanes of at least 4 members (excludes halogenated alkanes) is 1. The third kappa shape index (κ3) is 5.71. The lowest BCUT2D eigenvalue weighted by Crippen LogP contribution is -2.30. The summed E-state index contributed by atoms with van der Waals surface area (Å²) in [6.45, 7) is 4.87. The molecular weight excluding hydrogens is 352 g/mol. The van der Waals surface area contributed by atoms with Crippen LogP contribution in [0.15, 0.2) is 23.1 Å². The lowest BCUT2D eigenvalue weighted by atomic mass is 9.99. The molecule has 0 heterocycles. The van der Waals surface area contributed by atoms with Gasteiger partial charge in [0, 0.05) is 18.2 Å². The molecular formula is C19H30N2O4S. The topological polar surface area (TPSA) is 84.5 Å². The number of carbonyl (C=O) groups excluding carboxylic acids is 1. The van der Waals surface area contributed by atoms with Crippen molar-refractivity contribution in [2.24, 2.45) is 5.92 Å². The van der Waals surface area contributed by atoms with Gasteiger partial charge in [0.1, 0.15) is 10.6 Å². The average molecular weight is 383 g/mol. The molecule has 1 atom stereocenters. The first kappa shape index (κ1) is 20.7. The van der Waals surface area contributed by atoms with E-state index in [1.54, 1.807) is 6.07 Å². The first-order valence-corrected chi connectivity index (χ1v) is 10.9. The summed E-state index contributed by atoms with van der Waals surface area (Å²) in [6.07, 6.45) is 6.06. The normalized spacial score (nSPS) is 15.5. The first-order valence-electron chi connectivity index (χ1n) is 9.39. The Labute approximate surface area is 156 Å². The van der Waals surface area contributed by atoms with Gasteiger partial charge in [0.05, 0.1) is 7.11 Å². The number of ether oxygens (including phenoxy) is 1. The van der Waals surface area contributed by atoms with Crippen molar-refractivity contribution in [1.29, 1.82) is 0 Å². The summed E-state index contributed by atoms with van der Waals surface area (Å²) in [5, 5.41) is 2.93. The lowest BCUT2D eigenvalue weighted by Gasteiger charge is -2.16. The van der Waals surface area contributed by atoms with Gasteiger partial charge < -0.3 is 10.1 Å². The molecule has 1 aliphatic carbocycles. The number of hydrogen-bond donors (Lipinski definition) is 2. The maximum atomic E-state index is 12.5. The van der Waals surface area contributed by atoms with E-state index in [0.29, 0.717) is 18.0 Å². The molecule has 0 spiro atoms. The van der Waals surface area contributed by atoms with Crippen LogP contribution in [-0.2, 0) is 10.0 Å². The number of carbonyl (C=O) groups is 1. The van der Waals surface area contributed by atoms with E-state index in [1.165, 1.54) is 19.2 Å². The molecule has 7 heteroatoms. The predicted octanol–water partition coefficient (Wildman–Crippen LogP) is 3.08. The molecule has 1 fully saturated rings. The number of amides is 1. The van der Waals surface area contributed by atoms with Crippen LogP contribution in [0.2, 0.25) is 0 Å². The zero-order valence-corrected chi connectivity index (χ0v) is 16.7. The summed E-state index contributed by atoms with van der Waals surface area (Å²) < 4.78 is 32.9. The number of methoxy groups -OCH3 is 1. The number of benzene rings is 1. The Morgan fingerprint density at radius 1 is 1.31 bits per heavy atom. The van der Waals surface area contributed by atoms with Crippen LogP contribution in [0.4, 0.5) is 0 Å². The molecule has 146 valence electrons. The van der Waals surface area contributed by atoms with Crippen molar-refractivity contribution in [1.82, 2.24) is 10.0 Å². The van der Waals surface area contributed by atoms with Crippen LogP contribution in [0.1, 0.15) is 62.7 Å². The first-order chi connectivity index (χ1) is 12.4. The summed E-state index contributed by atoms with van der Waals surface area (Å²) in [6, 6.07) is 4.51. The van der Waals surface area contributed by atoms with Crippen LogP contribution >= 0.6 is 0 Å². The summed E-state index contributed by atoms with van der Waals surface area (Å²) in [7, 11) is -2.28. The minimum atomic E-state index is -3.70. The van der Waals surface area contributed by atoms with Crippen molar-refractivity contribution in [2.45, 2.75) is 63.3 Å². The summed E-state index contributed by atoms with van der Waals surface area (Å²) >= 11 is 0. The van der Waals surface area contributed by atoms with Crippen molar-refractivity contribution >= 4 is 15.9 Å². The van der Waals surface area contributed by atoms with Gasteiger partial charge in [-0.2, -0.15) is 0 Å². The second-order valence-electron chi connectivity index (χ2n) is 6.89. The van der Waals surface area contributed by atoms with Crippen LogP contribution in [0.5, 0.6) is 5.75 Å². The van der Waals surface area contributed by atoms with E-state index in [9.17, 15) is 13.2 Å². The molecule has 1 aliphatic rings.